The molecule has 170 valence electrons. The summed E-state index contributed by atoms with van der Waals surface area (Å²) in [6.07, 6.45) is -0.164. The highest BCUT2D eigenvalue weighted by atomic mass is 19.4. The van der Waals surface area contributed by atoms with E-state index in [-0.39, 0.29) is 17.9 Å². The maximum Gasteiger partial charge on any atom is 0.418 e. The fourth-order valence-electron chi connectivity index (χ4n) is 2.94. The van der Waals surface area contributed by atoms with Crippen LogP contribution in [0.1, 0.15) is 11.3 Å². The second-order valence-electron chi connectivity index (χ2n) is 6.61. The lowest BCUT2D eigenvalue weighted by molar-refractivity contribution is -0.136. The van der Waals surface area contributed by atoms with Crippen molar-refractivity contribution in [3.8, 4) is 11.5 Å². The molecule has 3 aromatic heterocycles. The largest absolute Gasteiger partial charge is 0.450 e. The first-order valence-electron chi connectivity index (χ1n) is 9.22. The van der Waals surface area contributed by atoms with Gasteiger partial charge in [-0.25, -0.2) is 28.5 Å². The third kappa shape index (κ3) is 4.81. The number of ether oxygens (including phenoxy) is 1. The first-order chi connectivity index (χ1) is 15.7. The molecule has 1 aromatic carbocycles. The number of alkyl halides is 3. The van der Waals surface area contributed by atoms with Gasteiger partial charge in [0.2, 0.25) is 0 Å². The van der Waals surface area contributed by atoms with Gasteiger partial charge in [0.25, 0.3) is 0 Å². The van der Waals surface area contributed by atoms with Crippen molar-refractivity contribution in [2.45, 2.75) is 12.7 Å². The van der Waals surface area contributed by atoms with Crippen LogP contribution in [0.3, 0.4) is 0 Å². The molecule has 0 bridgehead atoms. The monoisotopic (exact) mass is 464 g/mol. The highest BCUT2D eigenvalue weighted by Gasteiger charge is 2.35. The van der Waals surface area contributed by atoms with Crippen LogP contribution in [0.2, 0.25) is 0 Å². The lowest BCUT2D eigenvalue weighted by atomic mass is 10.2. The lowest BCUT2D eigenvalue weighted by Crippen LogP contribution is -2.28. The van der Waals surface area contributed by atoms with Crippen molar-refractivity contribution >= 4 is 22.8 Å². The SMILES string of the molecule is O=C(NCc1ccncn1)Nc1cc(F)c(Oc2ccnc3[nH]cc(C(F)(F)F)c23)c(F)c1. The third-order valence-electron chi connectivity index (χ3n) is 4.38. The van der Waals surface area contributed by atoms with Crippen molar-refractivity contribution in [1.29, 1.82) is 0 Å². The summed E-state index contributed by atoms with van der Waals surface area (Å²) in [6.45, 7) is 0.0384. The minimum atomic E-state index is -4.75. The Bertz CT molecular complexity index is 1290. The zero-order valence-electron chi connectivity index (χ0n) is 16.4. The van der Waals surface area contributed by atoms with E-state index >= 15 is 0 Å². The molecule has 0 aliphatic rings. The summed E-state index contributed by atoms with van der Waals surface area (Å²) in [7, 11) is 0. The summed E-state index contributed by atoms with van der Waals surface area (Å²) in [6, 6.07) is 3.39. The van der Waals surface area contributed by atoms with E-state index in [1.165, 1.54) is 12.5 Å². The molecule has 0 unspecified atom stereocenters. The molecule has 0 spiro atoms. The number of H-pyrrole nitrogens is 1. The van der Waals surface area contributed by atoms with Gasteiger partial charge >= 0.3 is 12.2 Å². The molecule has 33 heavy (non-hydrogen) atoms. The number of aromatic amines is 1. The topological polar surface area (TPSA) is 105 Å². The van der Waals surface area contributed by atoms with Gasteiger partial charge in [-0.15, -0.1) is 0 Å². The Kier molecular flexibility index (Phi) is 5.77. The first-order valence-corrected chi connectivity index (χ1v) is 9.22. The predicted octanol–water partition coefficient (Wildman–Crippen LogP) is 4.76. The maximum absolute atomic E-state index is 14.6. The fraction of sp³-hybridized carbons (Fsp3) is 0.100. The summed E-state index contributed by atoms with van der Waals surface area (Å²) < 4.78 is 74.1. The molecule has 8 nitrogen and oxygen atoms in total. The molecule has 0 saturated heterocycles. The van der Waals surface area contributed by atoms with Crippen molar-refractivity contribution in [2.24, 2.45) is 0 Å². The molecule has 2 amide bonds. The molecule has 0 aliphatic carbocycles. The Morgan fingerprint density at radius 3 is 2.52 bits per heavy atom. The summed E-state index contributed by atoms with van der Waals surface area (Å²) in [5.74, 6) is -3.87. The molecule has 0 atom stereocenters. The van der Waals surface area contributed by atoms with E-state index in [1.807, 2.05) is 0 Å². The molecular weight excluding hydrogens is 451 g/mol. The van der Waals surface area contributed by atoms with Gasteiger partial charge in [-0.2, -0.15) is 13.2 Å². The van der Waals surface area contributed by atoms with Crippen molar-refractivity contribution in [1.82, 2.24) is 25.3 Å². The number of nitrogens with zero attached hydrogens (tertiary/aromatic N) is 3. The molecular formula is C20H13F5N6O2. The average molecular weight is 464 g/mol. The van der Waals surface area contributed by atoms with Gasteiger partial charge in [0.05, 0.1) is 23.2 Å². The highest BCUT2D eigenvalue weighted by Crippen LogP contribution is 2.40. The Hall–Kier alpha value is -4.29. The number of pyridine rings is 1. The number of amides is 2. The maximum atomic E-state index is 14.6. The normalized spacial score (nSPS) is 11.4. The quantitative estimate of drug-likeness (QED) is 0.370. The molecule has 0 radical (unpaired) electrons. The van der Waals surface area contributed by atoms with Crippen LogP contribution >= 0.6 is 0 Å². The number of carbonyl (C=O) groups is 1. The number of fused-ring (bicyclic) bond motifs is 1. The van der Waals surface area contributed by atoms with Gasteiger partial charge < -0.3 is 20.4 Å². The van der Waals surface area contributed by atoms with Gasteiger partial charge in [-0.3, -0.25) is 0 Å². The lowest BCUT2D eigenvalue weighted by Gasteiger charge is -2.13. The fourth-order valence-corrected chi connectivity index (χ4v) is 2.94. The Morgan fingerprint density at radius 2 is 1.85 bits per heavy atom. The number of urea groups is 1. The van der Waals surface area contributed by atoms with Gasteiger partial charge in [-0.05, 0) is 12.1 Å². The number of nitrogens with one attached hydrogen (secondary N) is 3. The van der Waals surface area contributed by atoms with Crippen LogP contribution < -0.4 is 15.4 Å². The average Bonchev–Trinajstić information content (AvgIpc) is 3.21. The number of hydrogen-bond donors (Lipinski definition) is 3. The van der Waals surface area contributed by atoms with Crippen LogP contribution in [0.4, 0.5) is 32.4 Å². The summed E-state index contributed by atoms with van der Waals surface area (Å²) in [4.78, 5) is 25.7. The minimum absolute atomic E-state index is 0.0384. The van der Waals surface area contributed by atoms with Gasteiger partial charge in [0.1, 0.15) is 17.7 Å². The van der Waals surface area contributed by atoms with Crippen LogP contribution in [0.25, 0.3) is 11.0 Å². The van der Waals surface area contributed by atoms with Crippen LogP contribution in [-0.4, -0.2) is 26.0 Å². The number of hydrogen-bond acceptors (Lipinski definition) is 5. The van der Waals surface area contributed by atoms with Crippen LogP contribution in [-0.2, 0) is 12.7 Å². The highest BCUT2D eigenvalue weighted by molar-refractivity contribution is 5.89. The van der Waals surface area contributed by atoms with E-state index in [1.54, 1.807) is 6.07 Å². The molecule has 0 aliphatic heterocycles. The summed E-state index contributed by atoms with van der Waals surface area (Å²) in [5.41, 5.74) is -0.998. The second-order valence-corrected chi connectivity index (χ2v) is 6.61. The molecule has 3 N–H and O–H groups in total. The first kappa shape index (κ1) is 21.9. The Labute approximate surface area is 181 Å². The van der Waals surface area contributed by atoms with Gasteiger partial charge in [-0.1, -0.05) is 0 Å². The standard InChI is InChI=1S/C20H13F5N6O2/c21-13-5-11(31-19(32)29-7-10-1-3-26-9-30-10)6-14(22)17(13)33-15-2-4-27-18-16(15)12(8-28-18)20(23,24)25/h1-6,8-9H,7H2,(H,27,28)(H2,29,31,32). The van der Waals surface area contributed by atoms with Crippen LogP contribution in [0.15, 0.2) is 49.2 Å². The van der Waals surface area contributed by atoms with E-state index in [2.05, 4.69) is 30.6 Å². The molecule has 4 aromatic rings. The molecule has 3 heterocycles. The Morgan fingerprint density at radius 1 is 1.09 bits per heavy atom. The molecule has 0 saturated carbocycles. The molecule has 0 fully saturated rings. The number of carbonyl (C=O) groups excluding carboxylic acids is 1. The zero-order chi connectivity index (χ0) is 23.6. The van der Waals surface area contributed by atoms with Crippen molar-refractivity contribution in [3.63, 3.8) is 0 Å². The van der Waals surface area contributed by atoms with E-state index < -0.39 is 46.3 Å². The van der Waals surface area contributed by atoms with E-state index in [4.69, 9.17) is 4.74 Å². The second kappa shape index (κ2) is 8.68. The smallest absolute Gasteiger partial charge is 0.418 e. The number of halogens is 5. The van der Waals surface area contributed by atoms with E-state index in [0.29, 0.717) is 11.9 Å². The predicted molar refractivity (Wildman–Crippen MR) is 105 cm³/mol. The number of anilines is 1. The van der Waals surface area contributed by atoms with Gasteiger partial charge in [0, 0.05) is 36.4 Å². The van der Waals surface area contributed by atoms with Crippen LogP contribution in [0.5, 0.6) is 11.5 Å². The van der Waals surface area contributed by atoms with E-state index in [0.717, 1.165) is 24.4 Å². The number of rotatable bonds is 5. The van der Waals surface area contributed by atoms with Crippen molar-refractivity contribution in [2.75, 3.05) is 5.32 Å². The minimum Gasteiger partial charge on any atom is -0.450 e. The molecule has 4 rings (SSSR count). The number of aromatic nitrogens is 4. The Balaban J connectivity index is 1.54. The van der Waals surface area contributed by atoms with E-state index in [9.17, 15) is 26.7 Å². The van der Waals surface area contributed by atoms with Crippen molar-refractivity contribution < 1.29 is 31.5 Å². The summed E-state index contributed by atoms with van der Waals surface area (Å²) in [5, 5.41) is 4.21. The number of benzene rings is 1. The van der Waals surface area contributed by atoms with Gasteiger partial charge in [0.15, 0.2) is 17.4 Å². The zero-order valence-corrected chi connectivity index (χ0v) is 16.4. The third-order valence-corrected chi connectivity index (χ3v) is 4.38. The molecule has 13 heteroatoms. The van der Waals surface area contributed by atoms with Crippen LogP contribution in [0, 0.1) is 11.6 Å². The summed E-state index contributed by atoms with van der Waals surface area (Å²) >= 11 is 0. The van der Waals surface area contributed by atoms with Crippen molar-refractivity contribution in [3.05, 3.63) is 72.1 Å².